The molecular weight excluding hydrogens is 258 g/mol. The molecule has 0 heterocycles. The van der Waals surface area contributed by atoms with Gasteiger partial charge in [-0.2, -0.15) is 0 Å². The second-order valence-corrected chi connectivity index (χ2v) is 5.44. The lowest BCUT2D eigenvalue weighted by Gasteiger charge is -2.23. The minimum atomic E-state index is 0.156. The van der Waals surface area contributed by atoms with Crippen LogP contribution in [-0.2, 0) is 4.79 Å². The Hall–Kier alpha value is -1.62. The molecular formula is C14H19N3OS. The van der Waals surface area contributed by atoms with Gasteiger partial charge in [0.2, 0.25) is 5.91 Å². The summed E-state index contributed by atoms with van der Waals surface area (Å²) in [7, 11) is 3.79. The van der Waals surface area contributed by atoms with E-state index in [9.17, 15) is 4.79 Å². The fourth-order valence-corrected chi connectivity index (χ4v) is 2.09. The zero-order chi connectivity index (χ0) is 14.0. The summed E-state index contributed by atoms with van der Waals surface area (Å²) in [4.78, 5) is 16.2. The van der Waals surface area contributed by atoms with E-state index >= 15 is 0 Å². The largest absolute Gasteiger partial charge is 0.389 e. The number of benzene rings is 1. The van der Waals surface area contributed by atoms with Crippen molar-refractivity contribution in [1.29, 1.82) is 0 Å². The maximum atomic E-state index is 12.0. The first kappa shape index (κ1) is 13.8. The van der Waals surface area contributed by atoms with Crippen molar-refractivity contribution in [1.82, 2.24) is 4.90 Å². The van der Waals surface area contributed by atoms with Crippen molar-refractivity contribution in [3.63, 3.8) is 0 Å². The summed E-state index contributed by atoms with van der Waals surface area (Å²) in [5, 5.41) is 0. The smallest absolute Gasteiger partial charge is 0.242 e. The monoisotopic (exact) mass is 277 g/mol. The van der Waals surface area contributed by atoms with Crippen molar-refractivity contribution in [3.05, 3.63) is 29.8 Å². The highest BCUT2D eigenvalue weighted by Crippen LogP contribution is 2.25. The predicted octanol–water partition coefficient (Wildman–Crippen LogP) is 1.38. The fourth-order valence-electron chi connectivity index (χ4n) is 1.95. The molecule has 102 valence electrons. The van der Waals surface area contributed by atoms with E-state index in [0.717, 1.165) is 24.1 Å². The summed E-state index contributed by atoms with van der Waals surface area (Å²) in [5.74, 6) is 0.156. The third-order valence-corrected chi connectivity index (χ3v) is 3.69. The fraction of sp³-hybridized carbons (Fsp3) is 0.429. The molecule has 0 atom stereocenters. The van der Waals surface area contributed by atoms with Gasteiger partial charge in [-0.15, -0.1) is 0 Å². The first-order valence-corrected chi connectivity index (χ1v) is 6.76. The summed E-state index contributed by atoms with van der Waals surface area (Å²) >= 11 is 4.91. The number of anilines is 1. The molecule has 0 bridgehead atoms. The van der Waals surface area contributed by atoms with Gasteiger partial charge in [0, 0.05) is 31.4 Å². The van der Waals surface area contributed by atoms with Crippen molar-refractivity contribution >= 4 is 28.8 Å². The SMILES string of the molecule is CN(CC(=O)N(C)C1CC1)c1ccc(C(N)=S)cc1. The highest BCUT2D eigenvalue weighted by Gasteiger charge is 2.29. The molecule has 1 aromatic rings. The normalized spacial score (nSPS) is 14.0. The zero-order valence-corrected chi connectivity index (χ0v) is 12.1. The molecule has 0 saturated heterocycles. The number of nitrogens with two attached hydrogens (primary N) is 1. The van der Waals surface area contributed by atoms with E-state index in [1.54, 1.807) is 0 Å². The van der Waals surface area contributed by atoms with Crippen LogP contribution in [0.4, 0.5) is 5.69 Å². The lowest BCUT2D eigenvalue weighted by atomic mass is 10.2. The van der Waals surface area contributed by atoms with Crippen LogP contribution in [0.5, 0.6) is 0 Å². The molecule has 1 amide bonds. The number of hydrogen-bond acceptors (Lipinski definition) is 3. The van der Waals surface area contributed by atoms with Gasteiger partial charge in [-0.3, -0.25) is 4.79 Å². The van der Waals surface area contributed by atoms with Crippen LogP contribution in [-0.4, -0.2) is 42.5 Å². The van der Waals surface area contributed by atoms with E-state index in [1.807, 2.05) is 48.2 Å². The molecule has 5 heteroatoms. The number of nitrogens with zero attached hydrogens (tertiary/aromatic N) is 2. The molecule has 0 radical (unpaired) electrons. The molecule has 2 rings (SSSR count). The van der Waals surface area contributed by atoms with E-state index in [0.29, 0.717) is 17.6 Å². The number of hydrogen-bond donors (Lipinski definition) is 1. The maximum absolute atomic E-state index is 12.0. The molecule has 19 heavy (non-hydrogen) atoms. The molecule has 0 aliphatic heterocycles. The van der Waals surface area contributed by atoms with Crippen LogP contribution in [0.1, 0.15) is 18.4 Å². The Balaban J connectivity index is 1.96. The molecule has 4 nitrogen and oxygen atoms in total. The summed E-state index contributed by atoms with van der Waals surface area (Å²) in [5.41, 5.74) is 7.38. The maximum Gasteiger partial charge on any atom is 0.242 e. The number of carbonyl (C=O) groups is 1. The van der Waals surface area contributed by atoms with Gasteiger partial charge in [-0.05, 0) is 37.1 Å². The Morgan fingerprint density at radius 2 is 1.89 bits per heavy atom. The molecule has 0 unspecified atom stereocenters. The first-order chi connectivity index (χ1) is 8.99. The van der Waals surface area contributed by atoms with Crippen molar-refractivity contribution in [2.24, 2.45) is 5.73 Å². The van der Waals surface area contributed by atoms with Crippen LogP contribution in [0.2, 0.25) is 0 Å². The Bertz CT molecular complexity index is 482. The van der Waals surface area contributed by atoms with Crippen LogP contribution in [0, 0.1) is 0 Å². The molecule has 1 fully saturated rings. The van der Waals surface area contributed by atoms with Crippen LogP contribution in [0.25, 0.3) is 0 Å². The second kappa shape index (κ2) is 5.57. The van der Waals surface area contributed by atoms with E-state index in [1.165, 1.54) is 0 Å². The van der Waals surface area contributed by atoms with Gasteiger partial charge < -0.3 is 15.5 Å². The Kier molecular flexibility index (Phi) is 4.04. The third kappa shape index (κ3) is 3.44. The van der Waals surface area contributed by atoms with Crippen molar-refractivity contribution < 1.29 is 4.79 Å². The van der Waals surface area contributed by atoms with Crippen molar-refractivity contribution in [2.45, 2.75) is 18.9 Å². The van der Waals surface area contributed by atoms with Gasteiger partial charge in [-0.25, -0.2) is 0 Å². The molecule has 0 aromatic heterocycles. The Labute approximate surface area is 119 Å². The van der Waals surface area contributed by atoms with Gasteiger partial charge in [0.1, 0.15) is 4.99 Å². The Morgan fingerprint density at radius 3 is 2.37 bits per heavy atom. The van der Waals surface area contributed by atoms with Gasteiger partial charge in [0.05, 0.1) is 6.54 Å². The summed E-state index contributed by atoms with van der Waals surface area (Å²) in [6.07, 6.45) is 2.27. The summed E-state index contributed by atoms with van der Waals surface area (Å²) in [6.45, 7) is 0.388. The molecule has 1 aromatic carbocycles. The average Bonchev–Trinajstić information content (AvgIpc) is 3.22. The number of likely N-dealkylation sites (N-methyl/N-ethyl adjacent to an activating group) is 2. The third-order valence-electron chi connectivity index (χ3n) is 3.45. The molecule has 1 aliphatic carbocycles. The van der Waals surface area contributed by atoms with Crippen molar-refractivity contribution in [3.8, 4) is 0 Å². The van der Waals surface area contributed by atoms with Gasteiger partial charge in [-0.1, -0.05) is 12.2 Å². The quantitative estimate of drug-likeness (QED) is 0.826. The van der Waals surface area contributed by atoms with Crippen molar-refractivity contribution in [2.75, 3.05) is 25.5 Å². The molecule has 1 aliphatic rings. The lowest BCUT2D eigenvalue weighted by molar-refractivity contribution is -0.128. The van der Waals surface area contributed by atoms with Crippen LogP contribution < -0.4 is 10.6 Å². The highest BCUT2D eigenvalue weighted by atomic mass is 32.1. The van der Waals surface area contributed by atoms with Crippen LogP contribution >= 0.6 is 12.2 Å². The average molecular weight is 277 g/mol. The van der Waals surface area contributed by atoms with Crippen LogP contribution in [0.15, 0.2) is 24.3 Å². The molecule has 0 spiro atoms. The minimum Gasteiger partial charge on any atom is -0.389 e. The van der Waals surface area contributed by atoms with E-state index in [2.05, 4.69) is 0 Å². The topological polar surface area (TPSA) is 49.6 Å². The first-order valence-electron chi connectivity index (χ1n) is 6.35. The van der Waals surface area contributed by atoms with Crippen LogP contribution in [0.3, 0.4) is 0 Å². The lowest BCUT2D eigenvalue weighted by Crippen LogP contribution is -2.37. The number of amides is 1. The highest BCUT2D eigenvalue weighted by molar-refractivity contribution is 7.80. The van der Waals surface area contributed by atoms with Gasteiger partial charge in [0.15, 0.2) is 0 Å². The number of thiocarbonyl (C=S) groups is 1. The zero-order valence-electron chi connectivity index (χ0n) is 11.3. The van der Waals surface area contributed by atoms with E-state index < -0.39 is 0 Å². The molecule has 2 N–H and O–H groups in total. The Morgan fingerprint density at radius 1 is 1.32 bits per heavy atom. The molecule has 1 saturated carbocycles. The second-order valence-electron chi connectivity index (χ2n) is 5.00. The number of carbonyl (C=O) groups excluding carboxylic acids is 1. The summed E-state index contributed by atoms with van der Waals surface area (Å²) in [6, 6.07) is 8.07. The predicted molar refractivity (Wildman–Crippen MR) is 81.4 cm³/mol. The standard InChI is InChI=1S/C14H19N3OS/c1-16(9-13(18)17(2)12-7-8-12)11-5-3-10(4-6-11)14(15)19/h3-6,12H,7-9H2,1-2H3,(H2,15,19). The van der Waals surface area contributed by atoms with Gasteiger partial charge >= 0.3 is 0 Å². The number of rotatable bonds is 5. The van der Waals surface area contributed by atoms with E-state index in [4.69, 9.17) is 18.0 Å². The van der Waals surface area contributed by atoms with E-state index in [-0.39, 0.29) is 5.91 Å². The minimum absolute atomic E-state index is 0.156. The van der Waals surface area contributed by atoms with Gasteiger partial charge in [0.25, 0.3) is 0 Å². The summed E-state index contributed by atoms with van der Waals surface area (Å²) < 4.78 is 0.